The number of thiazole rings is 1. The number of aromatic nitrogens is 1. The molecule has 2 amide bonds. The van der Waals surface area contributed by atoms with E-state index in [1.807, 2.05) is 17.0 Å². The van der Waals surface area contributed by atoms with Crippen LogP contribution in [0, 0.1) is 0 Å². The molecule has 0 aliphatic heterocycles. The summed E-state index contributed by atoms with van der Waals surface area (Å²) in [5.74, 6) is 1.28. The molecule has 5 nitrogen and oxygen atoms in total. The maximum atomic E-state index is 12.0. The SMILES string of the molecule is COc1ccc2c(c1)CCCC2CNC(=O)NCCc1cscn1. The standard InChI is InChI=1S/C18H23N3O2S/c1-23-16-5-6-17-13(9-16)3-2-4-14(17)10-20-18(22)19-8-7-15-11-24-12-21-15/h5-6,9,11-12,14H,2-4,7-8,10H2,1H3,(H2,19,20,22). The molecule has 24 heavy (non-hydrogen) atoms. The average molecular weight is 345 g/mol. The van der Waals surface area contributed by atoms with E-state index in [0.717, 1.165) is 37.1 Å². The summed E-state index contributed by atoms with van der Waals surface area (Å²) in [4.78, 5) is 16.2. The van der Waals surface area contributed by atoms with Gasteiger partial charge in [0.05, 0.1) is 18.3 Å². The first-order valence-corrected chi connectivity index (χ1v) is 9.26. The monoisotopic (exact) mass is 345 g/mol. The fourth-order valence-corrected chi connectivity index (χ4v) is 3.77. The molecule has 1 aliphatic rings. The quantitative estimate of drug-likeness (QED) is 0.845. The third kappa shape index (κ3) is 4.26. The Bertz CT molecular complexity index is 673. The molecule has 1 aromatic carbocycles. The van der Waals surface area contributed by atoms with Crippen molar-refractivity contribution in [2.24, 2.45) is 0 Å². The summed E-state index contributed by atoms with van der Waals surface area (Å²) in [7, 11) is 1.69. The van der Waals surface area contributed by atoms with Crippen LogP contribution in [0.4, 0.5) is 4.79 Å². The molecule has 1 heterocycles. The molecular formula is C18H23N3O2S. The Balaban J connectivity index is 1.47. The number of fused-ring (bicyclic) bond motifs is 1. The first-order valence-electron chi connectivity index (χ1n) is 8.32. The van der Waals surface area contributed by atoms with Crippen LogP contribution >= 0.6 is 11.3 Å². The van der Waals surface area contributed by atoms with Crippen molar-refractivity contribution >= 4 is 17.4 Å². The lowest BCUT2D eigenvalue weighted by molar-refractivity contribution is 0.240. The van der Waals surface area contributed by atoms with E-state index in [-0.39, 0.29) is 6.03 Å². The van der Waals surface area contributed by atoms with Crippen molar-refractivity contribution < 1.29 is 9.53 Å². The van der Waals surface area contributed by atoms with Crippen LogP contribution in [0.15, 0.2) is 29.1 Å². The van der Waals surface area contributed by atoms with Gasteiger partial charge in [0.25, 0.3) is 0 Å². The maximum Gasteiger partial charge on any atom is 0.314 e. The minimum atomic E-state index is -0.106. The maximum absolute atomic E-state index is 12.0. The summed E-state index contributed by atoms with van der Waals surface area (Å²) < 4.78 is 5.30. The normalized spacial score (nSPS) is 16.3. The van der Waals surface area contributed by atoms with E-state index < -0.39 is 0 Å². The van der Waals surface area contributed by atoms with Gasteiger partial charge < -0.3 is 15.4 Å². The van der Waals surface area contributed by atoms with Gasteiger partial charge in [0.2, 0.25) is 0 Å². The predicted molar refractivity (Wildman–Crippen MR) is 95.9 cm³/mol. The molecule has 1 atom stereocenters. The molecular weight excluding hydrogens is 322 g/mol. The number of nitrogens with one attached hydrogen (secondary N) is 2. The van der Waals surface area contributed by atoms with Crippen LogP contribution in [0.5, 0.6) is 5.75 Å². The van der Waals surface area contributed by atoms with Crippen LogP contribution in [0.2, 0.25) is 0 Å². The Morgan fingerprint density at radius 1 is 1.42 bits per heavy atom. The number of ether oxygens (including phenoxy) is 1. The lowest BCUT2D eigenvalue weighted by atomic mass is 9.82. The Hall–Kier alpha value is -2.08. The van der Waals surface area contributed by atoms with Crippen molar-refractivity contribution in [3.8, 4) is 5.75 Å². The second kappa shape index (κ2) is 8.15. The van der Waals surface area contributed by atoms with Crippen molar-refractivity contribution in [2.45, 2.75) is 31.6 Å². The van der Waals surface area contributed by atoms with Crippen LogP contribution in [0.1, 0.15) is 35.6 Å². The minimum absolute atomic E-state index is 0.106. The summed E-state index contributed by atoms with van der Waals surface area (Å²) in [6.07, 6.45) is 4.11. The first-order chi connectivity index (χ1) is 11.8. The van der Waals surface area contributed by atoms with E-state index in [4.69, 9.17) is 4.74 Å². The van der Waals surface area contributed by atoms with Crippen LogP contribution in [-0.4, -0.2) is 31.2 Å². The fourth-order valence-electron chi connectivity index (χ4n) is 3.17. The molecule has 3 rings (SSSR count). The van der Waals surface area contributed by atoms with Crippen molar-refractivity contribution in [3.63, 3.8) is 0 Å². The van der Waals surface area contributed by atoms with Crippen LogP contribution < -0.4 is 15.4 Å². The van der Waals surface area contributed by atoms with E-state index >= 15 is 0 Å². The highest BCUT2D eigenvalue weighted by Crippen LogP contribution is 2.33. The highest BCUT2D eigenvalue weighted by Gasteiger charge is 2.21. The summed E-state index contributed by atoms with van der Waals surface area (Å²) in [5.41, 5.74) is 5.52. The van der Waals surface area contributed by atoms with Crippen LogP contribution in [-0.2, 0) is 12.8 Å². The summed E-state index contributed by atoms with van der Waals surface area (Å²) in [6, 6.07) is 6.16. The first kappa shape index (κ1) is 16.8. The Morgan fingerprint density at radius 3 is 3.12 bits per heavy atom. The van der Waals surface area contributed by atoms with Gasteiger partial charge in [0.15, 0.2) is 0 Å². The molecule has 2 N–H and O–H groups in total. The lowest BCUT2D eigenvalue weighted by Crippen LogP contribution is -2.39. The van der Waals surface area contributed by atoms with Crippen LogP contribution in [0.25, 0.3) is 0 Å². The van der Waals surface area contributed by atoms with Gasteiger partial charge in [-0.2, -0.15) is 0 Å². The third-order valence-electron chi connectivity index (χ3n) is 4.45. The van der Waals surface area contributed by atoms with Crippen LogP contribution in [0.3, 0.4) is 0 Å². The number of hydrogen-bond acceptors (Lipinski definition) is 4. The number of rotatable bonds is 6. The van der Waals surface area contributed by atoms with E-state index in [1.54, 1.807) is 18.4 Å². The van der Waals surface area contributed by atoms with Gasteiger partial charge in [-0.05, 0) is 42.5 Å². The number of hydrogen-bond donors (Lipinski definition) is 2. The number of urea groups is 1. The summed E-state index contributed by atoms with van der Waals surface area (Å²) in [5, 5.41) is 7.91. The molecule has 1 aromatic heterocycles. The van der Waals surface area contributed by atoms with Gasteiger partial charge in [0.1, 0.15) is 5.75 Å². The zero-order valence-corrected chi connectivity index (χ0v) is 14.7. The number of aryl methyl sites for hydroxylation is 1. The number of carbonyl (C=O) groups excluding carboxylic acids is 1. The van der Waals surface area contributed by atoms with E-state index in [1.165, 1.54) is 11.1 Å². The molecule has 0 saturated heterocycles. The molecule has 1 unspecified atom stereocenters. The molecule has 6 heteroatoms. The fraction of sp³-hybridized carbons (Fsp3) is 0.444. The topological polar surface area (TPSA) is 63.2 Å². The number of methoxy groups -OCH3 is 1. The molecule has 2 aromatic rings. The van der Waals surface area contributed by atoms with Gasteiger partial charge in [0, 0.05) is 30.8 Å². The second-order valence-electron chi connectivity index (χ2n) is 6.02. The number of nitrogens with zero attached hydrogens (tertiary/aromatic N) is 1. The van der Waals surface area contributed by atoms with Gasteiger partial charge >= 0.3 is 6.03 Å². The summed E-state index contributed by atoms with van der Waals surface area (Å²) in [6.45, 7) is 1.27. The Kier molecular flexibility index (Phi) is 5.69. The largest absolute Gasteiger partial charge is 0.497 e. The lowest BCUT2D eigenvalue weighted by Gasteiger charge is -2.26. The van der Waals surface area contributed by atoms with E-state index in [2.05, 4.69) is 27.8 Å². The van der Waals surface area contributed by atoms with E-state index in [9.17, 15) is 4.79 Å². The second-order valence-corrected chi connectivity index (χ2v) is 6.74. The molecule has 0 radical (unpaired) electrons. The molecule has 0 bridgehead atoms. The molecule has 1 aliphatic carbocycles. The van der Waals surface area contributed by atoms with Crippen molar-refractivity contribution in [2.75, 3.05) is 20.2 Å². The molecule has 128 valence electrons. The smallest absolute Gasteiger partial charge is 0.314 e. The highest BCUT2D eigenvalue weighted by atomic mass is 32.1. The van der Waals surface area contributed by atoms with Gasteiger partial charge in [-0.1, -0.05) is 6.07 Å². The van der Waals surface area contributed by atoms with E-state index in [0.29, 0.717) is 19.0 Å². The van der Waals surface area contributed by atoms with Crippen molar-refractivity contribution in [1.29, 1.82) is 0 Å². The minimum Gasteiger partial charge on any atom is -0.497 e. The predicted octanol–water partition coefficient (Wildman–Crippen LogP) is 3.11. The van der Waals surface area contributed by atoms with Gasteiger partial charge in [-0.25, -0.2) is 9.78 Å². The Morgan fingerprint density at radius 2 is 2.33 bits per heavy atom. The van der Waals surface area contributed by atoms with Crippen molar-refractivity contribution in [3.05, 3.63) is 45.9 Å². The molecule has 0 fully saturated rings. The third-order valence-corrected chi connectivity index (χ3v) is 5.08. The zero-order valence-electron chi connectivity index (χ0n) is 13.9. The molecule has 0 spiro atoms. The zero-order chi connectivity index (χ0) is 16.8. The Labute approximate surface area is 146 Å². The number of amides is 2. The summed E-state index contributed by atoms with van der Waals surface area (Å²) >= 11 is 1.58. The number of benzene rings is 1. The van der Waals surface area contributed by atoms with Gasteiger partial charge in [-0.15, -0.1) is 11.3 Å². The van der Waals surface area contributed by atoms with Crippen molar-refractivity contribution in [1.82, 2.24) is 15.6 Å². The average Bonchev–Trinajstić information content (AvgIpc) is 3.12. The highest BCUT2D eigenvalue weighted by molar-refractivity contribution is 7.07. The molecule has 0 saturated carbocycles. The number of carbonyl (C=O) groups is 1. The van der Waals surface area contributed by atoms with Gasteiger partial charge in [-0.3, -0.25) is 0 Å².